The van der Waals surface area contributed by atoms with E-state index in [0.717, 1.165) is 0 Å². The molecule has 0 nitrogen and oxygen atoms in total. The summed E-state index contributed by atoms with van der Waals surface area (Å²) in [4.78, 5) is 0. The number of hydrogen-bond donors (Lipinski definition) is 0. The topological polar surface area (TPSA) is 0 Å². The summed E-state index contributed by atoms with van der Waals surface area (Å²) in [7, 11) is 0. The maximum Gasteiger partial charge on any atom is -0.00139 e. The van der Waals surface area contributed by atoms with Crippen LogP contribution in [0, 0.1) is 0 Å². The molecule has 0 fully saturated rings. The van der Waals surface area contributed by atoms with Gasteiger partial charge in [-0.05, 0) is 215 Å². The van der Waals surface area contributed by atoms with Crippen molar-refractivity contribution in [2.24, 2.45) is 0 Å². The Morgan fingerprint density at radius 1 is 0.0750 bits per heavy atom. The molecule has 0 aliphatic rings. The van der Waals surface area contributed by atoms with Crippen LogP contribution in [-0.4, -0.2) is 0 Å². The summed E-state index contributed by atoms with van der Waals surface area (Å²) in [5.74, 6) is 0. The standard InChI is InChI=1S/C80H40/c1-2-12-42-41(11-1)51-21-31-61-63-33-23-53-43-13-3-5-15-45(43)55-25-35-65(77(63)72(53)55)67-37-27-57-47-17-7-9-19-49(47)59-29-39-69(79(67)74(57)59)70-40-30-60-50-20-10-8-18-48(50)58-28-38-68(80(70)75(58)60)66-36-26-56-46-16-6-4-14-44(46)54-24-34-64(78(66)73(54)56)62-32-22-52(42)71(51)76(61)62/h1-40H. The van der Waals surface area contributed by atoms with Gasteiger partial charge < -0.3 is 0 Å². The molecule has 0 bridgehead atoms. The molecular weight excluding hydrogens is 961 g/mol. The molecule has 0 heteroatoms. The van der Waals surface area contributed by atoms with Gasteiger partial charge in [0, 0.05) is 0 Å². The van der Waals surface area contributed by atoms with Crippen molar-refractivity contribution in [3.63, 3.8) is 0 Å². The summed E-state index contributed by atoms with van der Waals surface area (Å²) in [5, 5.41) is 51.9. The molecular formula is C80H40. The van der Waals surface area contributed by atoms with E-state index in [-0.39, 0.29) is 0 Å². The van der Waals surface area contributed by atoms with Crippen molar-refractivity contribution in [2.75, 3.05) is 0 Å². The van der Waals surface area contributed by atoms with Crippen LogP contribution in [-0.2, 0) is 0 Å². The van der Waals surface area contributed by atoms with Crippen LogP contribution >= 0.6 is 0 Å². The van der Waals surface area contributed by atoms with Crippen LogP contribution in [0.15, 0.2) is 243 Å². The zero-order valence-corrected chi connectivity index (χ0v) is 43.1. The van der Waals surface area contributed by atoms with E-state index in [0.29, 0.717) is 0 Å². The molecule has 21 aromatic rings. The second-order valence-electron chi connectivity index (χ2n) is 23.1. The first-order chi connectivity index (χ1) is 39.7. The average molecular weight is 1000 g/mol. The molecule has 0 amide bonds. The lowest BCUT2D eigenvalue weighted by atomic mass is 9.90. The fraction of sp³-hybridized carbons (Fsp3) is 0. The molecule has 0 spiro atoms. The van der Waals surface area contributed by atoms with Gasteiger partial charge in [-0.2, -0.15) is 0 Å². The quantitative estimate of drug-likeness (QED) is 0.142. The van der Waals surface area contributed by atoms with Crippen molar-refractivity contribution < 1.29 is 0 Å². The van der Waals surface area contributed by atoms with Crippen LogP contribution in [0.4, 0.5) is 0 Å². The average Bonchev–Trinajstić information content (AvgIpc) is 4.47. The van der Waals surface area contributed by atoms with Crippen LogP contribution in [0.25, 0.3) is 215 Å². The Morgan fingerprint density at radius 2 is 0.150 bits per heavy atom. The van der Waals surface area contributed by atoms with Gasteiger partial charge in [0.15, 0.2) is 0 Å². The van der Waals surface area contributed by atoms with Crippen molar-refractivity contribution in [2.45, 2.75) is 0 Å². The lowest BCUT2D eigenvalue weighted by molar-refractivity contribution is 1.85. The van der Waals surface area contributed by atoms with Gasteiger partial charge in [-0.25, -0.2) is 0 Å². The molecule has 21 rings (SSSR count). The highest BCUT2D eigenvalue weighted by molar-refractivity contribution is 6.48. The van der Waals surface area contributed by atoms with Crippen LogP contribution in [0.5, 0.6) is 0 Å². The minimum Gasteiger partial charge on any atom is -0.0616 e. The van der Waals surface area contributed by atoms with Crippen LogP contribution in [0.1, 0.15) is 0 Å². The zero-order valence-electron chi connectivity index (χ0n) is 43.1. The zero-order chi connectivity index (χ0) is 51.4. The Hall–Kier alpha value is -10.4. The van der Waals surface area contributed by atoms with Gasteiger partial charge in [0.2, 0.25) is 0 Å². The van der Waals surface area contributed by atoms with Gasteiger partial charge in [-0.15, -0.1) is 0 Å². The molecule has 0 heterocycles. The predicted molar refractivity (Wildman–Crippen MR) is 350 cm³/mol. The molecule has 0 aliphatic carbocycles. The molecule has 0 unspecified atom stereocenters. The third-order valence-electron chi connectivity index (χ3n) is 19.8. The van der Waals surface area contributed by atoms with Gasteiger partial charge in [-0.1, -0.05) is 243 Å². The van der Waals surface area contributed by atoms with Crippen molar-refractivity contribution in [3.05, 3.63) is 243 Å². The SMILES string of the molecule is c1ccc2c(c1)c1ccc3c4ccc5c6ccccc6c6ccc(c7ccc8c9ccccc9c9ccc(c%10ccc%11c%12ccccc%12c%12ccc(c%13ccc%14c%15ccccc%15c%15ccc(c%16ccc2c1c3%16)c%13c%15%14)c%10c%12%11)c7c89)c4c56. The van der Waals surface area contributed by atoms with Crippen LogP contribution in [0.2, 0.25) is 0 Å². The Balaban J connectivity index is 1.17. The van der Waals surface area contributed by atoms with Crippen molar-refractivity contribution >= 4 is 215 Å². The van der Waals surface area contributed by atoms with E-state index in [4.69, 9.17) is 0 Å². The molecule has 0 N–H and O–H groups in total. The van der Waals surface area contributed by atoms with Gasteiger partial charge >= 0.3 is 0 Å². The van der Waals surface area contributed by atoms with E-state index in [2.05, 4.69) is 243 Å². The first kappa shape index (κ1) is 40.8. The first-order valence-electron chi connectivity index (χ1n) is 28.2. The Morgan fingerprint density at radius 3 is 0.237 bits per heavy atom. The molecule has 21 aromatic carbocycles. The number of hydrogen-bond acceptors (Lipinski definition) is 0. The molecule has 0 aromatic heterocycles. The van der Waals surface area contributed by atoms with Crippen LogP contribution in [0.3, 0.4) is 0 Å². The summed E-state index contributed by atoms with van der Waals surface area (Å²) in [6, 6.07) is 94.7. The second-order valence-corrected chi connectivity index (χ2v) is 23.1. The van der Waals surface area contributed by atoms with E-state index >= 15 is 0 Å². The molecule has 360 valence electrons. The third kappa shape index (κ3) is 4.63. The molecule has 0 saturated carbocycles. The van der Waals surface area contributed by atoms with Crippen molar-refractivity contribution in [1.29, 1.82) is 0 Å². The van der Waals surface area contributed by atoms with E-state index in [1.807, 2.05) is 0 Å². The minimum atomic E-state index is 1.26. The lowest BCUT2D eigenvalue weighted by Crippen LogP contribution is -1.84. The molecule has 0 atom stereocenters. The van der Waals surface area contributed by atoms with Crippen molar-refractivity contribution in [3.8, 4) is 0 Å². The highest BCUT2D eigenvalue weighted by atomic mass is 14.3. The maximum absolute atomic E-state index is 2.49. The largest absolute Gasteiger partial charge is 0.0616 e. The number of rotatable bonds is 0. The highest BCUT2D eigenvalue weighted by Crippen LogP contribution is 2.53. The summed E-state index contributed by atoms with van der Waals surface area (Å²) < 4.78 is 0. The molecule has 0 radical (unpaired) electrons. The van der Waals surface area contributed by atoms with Gasteiger partial charge in [0.25, 0.3) is 0 Å². The maximum atomic E-state index is 2.49. The van der Waals surface area contributed by atoms with E-state index in [1.54, 1.807) is 0 Å². The second kappa shape index (κ2) is 14.0. The lowest BCUT2D eigenvalue weighted by Gasteiger charge is -2.13. The monoisotopic (exact) mass is 1000 g/mol. The Labute approximate surface area is 455 Å². The van der Waals surface area contributed by atoms with Gasteiger partial charge in [-0.3, -0.25) is 0 Å². The predicted octanol–water partition coefficient (Wildman–Crippen LogP) is 23.1. The summed E-state index contributed by atoms with van der Waals surface area (Å²) in [6.45, 7) is 0. The number of benzene rings is 15. The van der Waals surface area contributed by atoms with Crippen molar-refractivity contribution in [1.82, 2.24) is 0 Å². The Bertz CT molecular complexity index is 5210. The summed E-state index contributed by atoms with van der Waals surface area (Å²) >= 11 is 0. The van der Waals surface area contributed by atoms with Crippen LogP contribution < -0.4 is 0 Å². The van der Waals surface area contributed by atoms with E-state index in [9.17, 15) is 0 Å². The fourth-order valence-electron chi connectivity index (χ4n) is 16.7. The Kier molecular flexibility index (Phi) is 7.14. The number of fused-ring (bicyclic) bond motifs is 20. The smallest absolute Gasteiger partial charge is 0.00139 e. The first-order valence-corrected chi connectivity index (χ1v) is 28.2. The minimum absolute atomic E-state index is 1.26. The molecule has 0 saturated heterocycles. The molecule has 0 aliphatic heterocycles. The third-order valence-corrected chi connectivity index (χ3v) is 19.8. The highest BCUT2D eigenvalue weighted by Gasteiger charge is 2.25. The summed E-state index contributed by atoms with van der Waals surface area (Å²) in [5.41, 5.74) is 0. The molecule has 80 heavy (non-hydrogen) atoms. The summed E-state index contributed by atoms with van der Waals surface area (Å²) in [6.07, 6.45) is 0. The van der Waals surface area contributed by atoms with E-state index < -0.39 is 0 Å². The van der Waals surface area contributed by atoms with E-state index in [1.165, 1.54) is 215 Å². The fourth-order valence-corrected chi connectivity index (χ4v) is 16.7. The van der Waals surface area contributed by atoms with Gasteiger partial charge in [0.1, 0.15) is 0 Å². The van der Waals surface area contributed by atoms with Gasteiger partial charge in [0.05, 0.1) is 0 Å². The normalized spacial score (nSPS) is 13.0.